The first kappa shape index (κ1) is 52.2. The van der Waals surface area contributed by atoms with Gasteiger partial charge in [-0.1, -0.05) is 23.2 Å². The van der Waals surface area contributed by atoms with E-state index in [2.05, 4.69) is 46.1 Å². The van der Waals surface area contributed by atoms with Gasteiger partial charge in [0.15, 0.2) is 11.4 Å². The number of carbonyl (C=O) groups is 3. The highest BCUT2D eigenvalue weighted by atomic mass is 35.5. The normalized spacial score (nSPS) is 11.1. The minimum absolute atomic E-state index is 0.0331. The Hall–Kier alpha value is -8.59. The molecular formula is C51H46Cl2F2N14O4. The number of amides is 3. The summed E-state index contributed by atoms with van der Waals surface area (Å²) in [6.45, 7) is 13.1. The molecule has 372 valence electrons. The molecular weight excluding hydrogens is 982 g/mol. The van der Waals surface area contributed by atoms with Crippen molar-refractivity contribution in [3.8, 4) is 12.1 Å². The number of fused-ring (bicyclic) bond motifs is 2. The van der Waals surface area contributed by atoms with Crippen LogP contribution in [0.25, 0.3) is 21.8 Å². The molecule has 8 aromatic rings. The summed E-state index contributed by atoms with van der Waals surface area (Å²) >= 11 is 12.0. The summed E-state index contributed by atoms with van der Waals surface area (Å²) in [7, 11) is 0. The predicted octanol–water partition coefficient (Wildman–Crippen LogP) is 9.10. The number of hydrogen-bond acceptors (Lipinski definition) is 13. The van der Waals surface area contributed by atoms with E-state index in [9.17, 15) is 33.7 Å². The molecule has 6 heterocycles. The quantitative estimate of drug-likeness (QED) is 0.0944. The molecule has 0 fully saturated rings. The van der Waals surface area contributed by atoms with Crippen molar-refractivity contribution in [2.75, 3.05) is 11.1 Å². The van der Waals surface area contributed by atoms with E-state index in [-0.39, 0.29) is 59.7 Å². The monoisotopic (exact) mass is 1030 g/mol. The van der Waals surface area contributed by atoms with E-state index in [4.69, 9.17) is 33.7 Å². The minimum atomic E-state index is -0.647. The molecule has 0 atom stereocenters. The fraction of sp³-hybridized carbons (Fsp3) is 0.235. The molecule has 0 spiro atoms. The van der Waals surface area contributed by atoms with Crippen LogP contribution < -0.4 is 21.7 Å². The minimum Gasteiger partial charge on any atom is -0.444 e. The van der Waals surface area contributed by atoms with Crippen LogP contribution in [0.4, 0.5) is 25.2 Å². The lowest BCUT2D eigenvalue weighted by Crippen LogP contribution is -2.28. The van der Waals surface area contributed by atoms with Gasteiger partial charge in [-0.15, -0.1) is 0 Å². The average molecular weight is 1030 g/mol. The maximum absolute atomic E-state index is 14.6. The molecule has 0 radical (unpaired) electrons. The van der Waals surface area contributed by atoms with Gasteiger partial charge >= 0.3 is 6.09 Å². The maximum Gasteiger partial charge on any atom is 0.413 e. The molecule has 3 amide bonds. The highest BCUT2D eigenvalue weighted by Gasteiger charge is 2.22. The maximum atomic E-state index is 14.6. The van der Waals surface area contributed by atoms with Crippen LogP contribution in [0.2, 0.25) is 10.0 Å². The molecule has 0 aliphatic rings. The van der Waals surface area contributed by atoms with Gasteiger partial charge in [-0.05, 0) is 130 Å². The average Bonchev–Trinajstić information content (AvgIpc) is 3.90. The van der Waals surface area contributed by atoms with Gasteiger partial charge in [0.05, 0.1) is 46.7 Å². The van der Waals surface area contributed by atoms with Gasteiger partial charge < -0.3 is 21.1 Å². The highest BCUT2D eigenvalue weighted by Crippen LogP contribution is 2.25. The highest BCUT2D eigenvalue weighted by molar-refractivity contribution is 6.31. The molecule has 18 nitrogen and oxygen atoms in total. The zero-order chi connectivity index (χ0) is 52.9. The van der Waals surface area contributed by atoms with Crippen molar-refractivity contribution in [1.29, 1.82) is 10.5 Å². The summed E-state index contributed by atoms with van der Waals surface area (Å²) in [5, 5.41) is 37.8. The van der Waals surface area contributed by atoms with Crippen molar-refractivity contribution in [2.24, 2.45) is 0 Å². The SMILES string of the molecule is Cc1cc(N)nc(C)c1CNC(=O)c1cnn(Cc2cc(F)c3ncc(Cl)cc3c2)c1C#N.Cc1cc(NC(=O)OC(C)(C)C)nc(C)c1CNC(=O)c1cnn(Cc2cc(F)c3ncc(Cl)cc3c2)c1C#N. The van der Waals surface area contributed by atoms with E-state index in [0.717, 1.165) is 27.9 Å². The number of nitriles is 2. The first-order chi connectivity index (χ1) is 34.6. The third kappa shape index (κ3) is 12.5. The lowest BCUT2D eigenvalue weighted by Gasteiger charge is -2.20. The van der Waals surface area contributed by atoms with Crippen LogP contribution >= 0.6 is 23.2 Å². The van der Waals surface area contributed by atoms with E-state index >= 15 is 0 Å². The lowest BCUT2D eigenvalue weighted by molar-refractivity contribution is 0.0634. The Kier molecular flexibility index (Phi) is 15.6. The van der Waals surface area contributed by atoms with Crippen LogP contribution in [0.15, 0.2) is 73.3 Å². The van der Waals surface area contributed by atoms with Crippen molar-refractivity contribution in [1.82, 2.24) is 50.1 Å². The molecule has 5 N–H and O–H groups in total. The Balaban J connectivity index is 0.000000218. The number of aryl methyl sites for hydroxylation is 4. The fourth-order valence-corrected chi connectivity index (χ4v) is 8.19. The molecule has 22 heteroatoms. The van der Waals surface area contributed by atoms with E-state index in [1.807, 2.05) is 32.9 Å². The van der Waals surface area contributed by atoms with E-state index in [1.165, 1.54) is 46.3 Å². The number of aromatic nitrogens is 8. The van der Waals surface area contributed by atoms with Crippen LogP contribution in [-0.2, 0) is 30.9 Å². The lowest BCUT2D eigenvalue weighted by atomic mass is 10.1. The molecule has 0 saturated heterocycles. The van der Waals surface area contributed by atoms with Crippen LogP contribution in [0.1, 0.15) is 97.6 Å². The van der Waals surface area contributed by atoms with Gasteiger partial charge in [-0.2, -0.15) is 20.7 Å². The van der Waals surface area contributed by atoms with Gasteiger partial charge in [-0.3, -0.25) is 24.9 Å². The van der Waals surface area contributed by atoms with Gasteiger partial charge in [0.1, 0.15) is 52.0 Å². The number of anilines is 2. The fourth-order valence-electron chi connectivity index (χ4n) is 7.86. The Morgan fingerprint density at radius 2 is 1.14 bits per heavy atom. The van der Waals surface area contributed by atoms with Gasteiger partial charge in [-0.25, -0.2) is 32.9 Å². The zero-order valence-electron chi connectivity index (χ0n) is 40.5. The zero-order valence-corrected chi connectivity index (χ0v) is 42.0. The summed E-state index contributed by atoms with van der Waals surface area (Å²) in [5.41, 5.74) is 11.5. The first-order valence-electron chi connectivity index (χ1n) is 22.3. The third-order valence-electron chi connectivity index (χ3n) is 11.2. The van der Waals surface area contributed by atoms with Crippen LogP contribution in [0.5, 0.6) is 0 Å². The number of nitrogens with zero attached hydrogens (tertiary/aromatic N) is 10. The van der Waals surface area contributed by atoms with Gasteiger partial charge in [0, 0.05) is 47.6 Å². The summed E-state index contributed by atoms with van der Waals surface area (Å²) in [4.78, 5) is 54.5. The number of halogens is 4. The first-order valence-corrected chi connectivity index (χ1v) is 23.0. The third-order valence-corrected chi connectivity index (χ3v) is 11.6. The number of nitrogen functional groups attached to an aromatic ring is 1. The molecule has 73 heavy (non-hydrogen) atoms. The second kappa shape index (κ2) is 21.8. The Morgan fingerprint density at radius 3 is 1.56 bits per heavy atom. The molecule has 0 saturated carbocycles. The van der Waals surface area contributed by atoms with Crippen molar-refractivity contribution < 1.29 is 27.9 Å². The topological polar surface area (TPSA) is 257 Å². The number of pyridine rings is 4. The molecule has 0 bridgehead atoms. The Bertz CT molecular complexity index is 3530. The smallest absolute Gasteiger partial charge is 0.413 e. The van der Waals surface area contributed by atoms with Crippen molar-refractivity contribution in [3.05, 3.63) is 162 Å². The largest absolute Gasteiger partial charge is 0.444 e. The molecule has 0 aliphatic carbocycles. The van der Waals surface area contributed by atoms with Crippen molar-refractivity contribution in [3.63, 3.8) is 0 Å². The number of ether oxygens (including phenoxy) is 1. The standard InChI is InChI=1S/C28H27ClFN7O3.C23H19ClFN7O/c1-15-6-24(36-27(39)40-28(3,4)5)35-16(2)20(15)12-33-26(38)21-13-34-37(23(21)10-31)14-17-7-18-9-19(29)11-32-25(18)22(30)8-17;1-12-3-21(27)31-13(2)17(12)9-29-23(33)18-10-30-32(20(18)7-26)11-14-4-15-6-16(24)8-28-22(15)19(25)5-14/h6-9,11,13H,12,14H2,1-5H3,(H,33,38)(H,35,36,39);3-6,8,10H,9,11H2,1-2H3,(H2,27,31)(H,29,33). The van der Waals surface area contributed by atoms with E-state index in [1.54, 1.807) is 64.1 Å². The van der Waals surface area contributed by atoms with Crippen LogP contribution in [0.3, 0.4) is 0 Å². The predicted molar refractivity (Wildman–Crippen MR) is 270 cm³/mol. The van der Waals surface area contributed by atoms with Gasteiger partial charge in [0.2, 0.25) is 0 Å². The van der Waals surface area contributed by atoms with E-state index in [0.29, 0.717) is 49.3 Å². The summed E-state index contributed by atoms with van der Waals surface area (Å²) in [6, 6.07) is 16.7. The Labute approximate surface area is 427 Å². The molecule has 0 aliphatic heterocycles. The van der Waals surface area contributed by atoms with Gasteiger partial charge in [0.25, 0.3) is 11.8 Å². The molecule has 6 aromatic heterocycles. The molecule has 8 rings (SSSR count). The van der Waals surface area contributed by atoms with Crippen molar-refractivity contribution >= 4 is 74.6 Å². The number of carbonyl (C=O) groups excluding carboxylic acids is 3. The van der Waals surface area contributed by atoms with Crippen LogP contribution in [-0.4, -0.2) is 63.0 Å². The van der Waals surface area contributed by atoms with E-state index < -0.39 is 35.1 Å². The van der Waals surface area contributed by atoms with Crippen LogP contribution in [0, 0.1) is 62.0 Å². The summed E-state index contributed by atoms with van der Waals surface area (Å²) in [5.74, 6) is -1.25. The Morgan fingerprint density at radius 1 is 0.685 bits per heavy atom. The molecule has 0 unspecified atom stereocenters. The number of hydrogen-bond donors (Lipinski definition) is 4. The number of rotatable bonds is 11. The van der Waals surface area contributed by atoms with Crippen molar-refractivity contribution in [2.45, 2.75) is 80.2 Å². The second-order valence-corrected chi connectivity index (χ2v) is 18.6. The number of nitrogens with two attached hydrogens (primary N) is 1. The number of nitrogens with one attached hydrogen (secondary N) is 3. The summed E-state index contributed by atoms with van der Waals surface area (Å²) < 4.78 is 37.0. The summed E-state index contributed by atoms with van der Waals surface area (Å²) in [6.07, 6.45) is 4.75. The number of benzene rings is 2. The second-order valence-electron chi connectivity index (χ2n) is 17.8. The molecule has 2 aromatic carbocycles.